The third-order valence-electron chi connectivity index (χ3n) is 4.42. The number of hydrogen-bond acceptors (Lipinski definition) is 2. The first kappa shape index (κ1) is 16.5. The smallest absolute Gasteiger partial charge is 0.326 e. The molecule has 2 aromatic carbocycles. The SMILES string of the molecule is O=C(Cc1c[nH]c2ccc(Cl)cc12)NCCn1c(=O)[nH]c2ccccc21. The number of hydrogen-bond donors (Lipinski definition) is 3. The number of halogens is 1. The average molecular weight is 369 g/mol. The van der Waals surface area contributed by atoms with Crippen LogP contribution in [0.3, 0.4) is 0 Å². The van der Waals surface area contributed by atoms with Gasteiger partial charge in [-0.25, -0.2) is 4.79 Å². The standard InChI is InChI=1S/C19H17ClN4O2/c20-13-5-6-15-14(10-13)12(11-22-15)9-18(25)21-7-8-24-17-4-2-1-3-16(17)23-19(24)26/h1-6,10-11,22H,7-9H2,(H,21,25)(H,23,26). The molecule has 7 heteroatoms. The maximum Gasteiger partial charge on any atom is 0.326 e. The van der Waals surface area contributed by atoms with Crippen LogP contribution in [0.1, 0.15) is 5.56 Å². The van der Waals surface area contributed by atoms with Crippen molar-refractivity contribution in [3.05, 3.63) is 69.7 Å². The van der Waals surface area contributed by atoms with Crippen molar-refractivity contribution >= 4 is 39.4 Å². The Morgan fingerprint density at radius 1 is 1.15 bits per heavy atom. The van der Waals surface area contributed by atoms with E-state index in [9.17, 15) is 9.59 Å². The van der Waals surface area contributed by atoms with Gasteiger partial charge in [-0.3, -0.25) is 9.36 Å². The van der Waals surface area contributed by atoms with Gasteiger partial charge in [-0.05, 0) is 35.9 Å². The molecule has 0 spiro atoms. The predicted molar refractivity (Wildman–Crippen MR) is 103 cm³/mol. The number of aromatic amines is 2. The Hall–Kier alpha value is -2.99. The topological polar surface area (TPSA) is 82.7 Å². The molecule has 132 valence electrons. The summed E-state index contributed by atoms with van der Waals surface area (Å²) < 4.78 is 1.63. The summed E-state index contributed by atoms with van der Waals surface area (Å²) in [6.07, 6.45) is 2.08. The van der Waals surface area contributed by atoms with Crippen molar-refractivity contribution in [2.45, 2.75) is 13.0 Å². The summed E-state index contributed by atoms with van der Waals surface area (Å²) in [7, 11) is 0. The normalized spacial score (nSPS) is 11.3. The Bertz CT molecular complexity index is 1160. The average Bonchev–Trinajstić information content (AvgIpc) is 3.16. The number of benzene rings is 2. The molecule has 6 nitrogen and oxygen atoms in total. The number of nitrogens with one attached hydrogen (secondary N) is 3. The van der Waals surface area contributed by atoms with Gasteiger partial charge in [-0.1, -0.05) is 23.7 Å². The van der Waals surface area contributed by atoms with Crippen molar-refractivity contribution in [2.24, 2.45) is 0 Å². The van der Waals surface area contributed by atoms with Gasteiger partial charge in [0.2, 0.25) is 5.91 Å². The lowest BCUT2D eigenvalue weighted by Crippen LogP contribution is -2.31. The van der Waals surface area contributed by atoms with Gasteiger partial charge >= 0.3 is 5.69 Å². The molecule has 0 fully saturated rings. The minimum Gasteiger partial charge on any atom is -0.361 e. The Kier molecular flexibility index (Phi) is 4.26. The minimum atomic E-state index is -0.174. The van der Waals surface area contributed by atoms with Crippen molar-refractivity contribution in [3.63, 3.8) is 0 Å². The molecule has 1 amide bonds. The summed E-state index contributed by atoms with van der Waals surface area (Å²) in [6.45, 7) is 0.790. The van der Waals surface area contributed by atoms with Crippen molar-refractivity contribution in [2.75, 3.05) is 6.54 Å². The Morgan fingerprint density at radius 2 is 2.00 bits per heavy atom. The Morgan fingerprint density at radius 3 is 2.88 bits per heavy atom. The second-order valence-electron chi connectivity index (χ2n) is 6.13. The fourth-order valence-electron chi connectivity index (χ4n) is 3.17. The highest BCUT2D eigenvalue weighted by molar-refractivity contribution is 6.31. The van der Waals surface area contributed by atoms with Crippen LogP contribution in [0.4, 0.5) is 0 Å². The molecule has 4 rings (SSSR count). The predicted octanol–water partition coefficient (Wildman–Crippen LogP) is 2.82. The zero-order valence-electron chi connectivity index (χ0n) is 13.9. The molecular formula is C19H17ClN4O2. The summed E-state index contributed by atoms with van der Waals surface area (Å²) >= 11 is 6.04. The molecule has 0 bridgehead atoms. The van der Waals surface area contributed by atoms with E-state index in [2.05, 4.69) is 15.3 Å². The Labute approximate surface area is 153 Å². The molecule has 0 saturated carbocycles. The van der Waals surface area contributed by atoms with Crippen molar-refractivity contribution in [1.82, 2.24) is 19.9 Å². The number of fused-ring (bicyclic) bond motifs is 2. The summed E-state index contributed by atoms with van der Waals surface area (Å²) in [4.78, 5) is 30.2. The van der Waals surface area contributed by atoms with Crippen LogP contribution in [0.5, 0.6) is 0 Å². The number of carbonyl (C=O) groups is 1. The van der Waals surface area contributed by atoms with E-state index < -0.39 is 0 Å². The monoisotopic (exact) mass is 368 g/mol. The van der Waals surface area contributed by atoms with Gasteiger partial charge in [0.1, 0.15) is 0 Å². The summed E-state index contributed by atoms with van der Waals surface area (Å²) in [5, 5.41) is 4.45. The molecule has 2 heterocycles. The highest BCUT2D eigenvalue weighted by atomic mass is 35.5. The summed E-state index contributed by atoms with van der Waals surface area (Å²) in [6, 6.07) is 13.0. The van der Waals surface area contributed by atoms with Gasteiger partial charge in [-0.15, -0.1) is 0 Å². The molecule has 0 aliphatic rings. The third-order valence-corrected chi connectivity index (χ3v) is 4.65. The second-order valence-corrected chi connectivity index (χ2v) is 6.57. The first-order valence-electron chi connectivity index (χ1n) is 8.31. The lowest BCUT2D eigenvalue weighted by molar-refractivity contribution is -0.120. The zero-order chi connectivity index (χ0) is 18.1. The highest BCUT2D eigenvalue weighted by Crippen LogP contribution is 2.22. The fraction of sp³-hybridized carbons (Fsp3) is 0.158. The molecule has 0 saturated heterocycles. The van der Waals surface area contributed by atoms with E-state index in [0.717, 1.165) is 27.5 Å². The molecule has 4 aromatic rings. The molecule has 0 radical (unpaired) electrons. The van der Waals surface area contributed by atoms with Gasteiger partial charge < -0.3 is 15.3 Å². The number of H-pyrrole nitrogens is 2. The van der Waals surface area contributed by atoms with E-state index in [1.165, 1.54) is 0 Å². The van der Waals surface area contributed by atoms with E-state index >= 15 is 0 Å². The van der Waals surface area contributed by atoms with Gasteiger partial charge in [0.25, 0.3) is 0 Å². The largest absolute Gasteiger partial charge is 0.361 e. The van der Waals surface area contributed by atoms with Crippen LogP contribution in [0.15, 0.2) is 53.5 Å². The molecule has 0 aliphatic carbocycles. The van der Waals surface area contributed by atoms with Crippen LogP contribution < -0.4 is 11.0 Å². The van der Waals surface area contributed by atoms with Gasteiger partial charge in [0.05, 0.1) is 17.5 Å². The first-order chi connectivity index (χ1) is 12.6. The second kappa shape index (κ2) is 6.72. The number of amides is 1. The van der Waals surface area contributed by atoms with E-state index in [0.29, 0.717) is 18.1 Å². The van der Waals surface area contributed by atoms with E-state index in [-0.39, 0.29) is 18.0 Å². The van der Waals surface area contributed by atoms with Crippen LogP contribution in [0, 0.1) is 0 Å². The number of para-hydroxylation sites is 2. The van der Waals surface area contributed by atoms with Crippen LogP contribution in [0.25, 0.3) is 21.9 Å². The molecule has 0 aliphatic heterocycles. The van der Waals surface area contributed by atoms with Gasteiger partial charge in [-0.2, -0.15) is 0 Å². The number of carbonyl (C=O) groups excluding carboxylic acids is 1. The van der Waals surface area contributed by atoms with E-state index in [1.54, 1.807) is 4.57 Å². The maximum atomic E-state index is 12.3. The fourth-order valence-corrected chi connectivity index (χ4v) is 3.34. The first-order valence-corrected chi connectivity index (χ1v) is 8.69. The van der Waals surface area contributed by atoms with Gasteiger partial charge in [0.15, 0.2) is 0 Å². The molecule has 26 heavy (non-hydrogen) atoms. The lowest BCUT2D eigenvalue weighted by atomic mass is 10.1. The highest BCUT2D eigenvalue weighted by Gasteiger charge is 2.10. The van der Waals surface area contributed by atoms with Crippen molar-refractivity contribution < 1.29 is 4.79 Å². The minimum absolute atomic E-state index is 0.0984. The molecule has 0 unspecified atom stereocenters. The maximum absolute atomic E-state index is 12.3. The van der Waals surface area contributed by atoms with Crippen molar-refractivity contribution in [3.8, 4) is 0 Å². The number of nitrogens with zero attached hydrogens (tertiary/aromatic N) is 1. The lowest BCUT2D eigenvalue weighted by Gasteiger charge is -2.06. The van der Waals surface area contributed by atoms with Crippen LogP contribution in [0.2, 0.25) is 5.02 Å². The number of rotatable bonds is 5. The quantitative estimate of drug-likeness (QED) is 0.506. The van der Waals surface area contributed by atoms with E-state index in [4.69, 9.17) is 11.6 Å². The van der Waals surface area contributed by atoms with E-state index in [1.807, 2.05) is 48.7 Å². The third kappa shape index (κ3) is 3.11. The Balaban J connectivity index is 1.41. The molecule has 3 N–H and O–H groups in total. The summed E-state index contributed by atoms with van der Waals surface area (Å²) in [5.74, 6) is -0.0984. The molecular weight excluding hydrogens is 352 g/mol. The number of aromatic nitrogens is 3. The van der Waals surface area contributed by atoms with Crippen LogP contribution in [-0.2, 0) is 17.8 Å². The summed E-state index contributed by atoms with van der Waals surface area (Å²) in [5.41, 5.74) is 3.29. The number of imidazole rings is 1. The molecule has 2 aromatic heterocycles. The van der Waals surface area contributed by atoms with Gasteiger partial charge in [0, 0.05) is 35.2 Å². The zero-order valence-corrected chi connectivity index (χ0v) is 14.6. The molecule has 0 atom stereocenters. The van der Waals surface area contributed by atoms with Crippen LogP contribution >= 0.6 is 11.6 Å². The van der Waals surface area contributed by atoms with Crippen molar-refractivity contribution in [1.29, 1.82) is 0 Å². The van der Waals surface area contributed by atoms with Crippen LogP contribution in [-0.4, -0.2) is 27.0 Å².